The summed E-state index contributed by atoms with van der Waals surface area (Å²) in [6.07, 6.45) is 7.59. The molecule has 0 radical (unpaired) electrons. The summed E-state index contributed by atoms with van der Waals surface area (Å²) in [6.45, 7) is 6.39. The molecule has 94 valence electrons. The Morgan fingerprint density at radius 3 is 2.61 bits per heavy atom. The van der Waals surface area contributed by atoms with Gasteiger partial charge in [0.25, 0.3) is 0 Å². The number of ketones is 1. The molecule has 0 N–H and O–H groups in total. The maximum Gasteiger partial charge on any atom is 0.156 e. The third-order valence-corrected chi connectivity index (χ3v) is 3.21. The molecule has 1 nitrogen and oxygen atoms in total. The van der Waals surface area contributed by atoms with Crippen molar-refractivity contribution in [1.29, 1.82) is 0 Å². The number of hydrogen-bond acceptors (Lipinski definition) is 1. The molecule has 1 aliphatic rings. The Kier molecular flexibility index (Phi) is 3.51. The Balaban J connectivity index is 2.16. The summed E-state index contributed by atoms with van der Waals surface area (Å²) >= 11 is 0. The fourth-order valence-corrected chi connectivity index (χ4v) is 2.48. The van der Waals surface area contributed by atoms with Gasteiger partial charge in [-0.3, -0.25) is 4.79 Å². The molecule has 0 aromatic heterocycles. The molecule has 1 heteroatoms. The summed E-state index contributed by atoms with van der Waals surface area (Å²) in [5.41, 5.74) is 3.67. The summed E-state index contributed by atoms with van der Waals surface area (Å²) in [4.78, 5) is 11.6. The topological polar surface area (TPSA) is 17.1 Å². The molecule has 18 heavy (non-hydrogen) atoms. The number of carbonyl (C=O) groups excluding carboxylic acids is 1. The lowest BCUT2D eigenvalue weighted by Crippen LogP contribution is -2.21. The van der Waals surface area contributed by atoms with Crippen molar-refractivity contribution in [3.05, 3.63) is 53.1 Å². The summed E-state index contributed by atoms with van der Waals surface area (Å²) in [5.74, 6) is 0.246. The van der Waals surface area contributed by atoms with Crippen LogP contribution in [0.1, 0.15) is 37.8 Å². The first-order valence-electron chi connectivity index (χ1n) is 6.43. The van der Waals surface area contributed by atoms with Crippen molar-refractivity contribution in [2.45, 2.75) is 33.6 Å². The number of aryl methyl sites for hydroxylation is 1. The van der Waals surface area contributed by atoms with E-state index in [0.717, 1.165) is 12.0 Å². The van der Waals surface area contributed by atoms with E-state index in [4.69, 9.17) is 0 Å². The number of hydrogen-bond donors (Lipinski definition) is 0. The van der Waals surface area contributed by atoms with Crippen molar-refractivity contribution in [1.82, 2.24) is 0 Å². The largest absolute Gasteiger partial charge is 0.295 e. The van der Waals surface area contributed by atoms with Crippen molar-refractivity contribution < 1.29 is 4.79 Å². The zero-order valence-electron chi connectivity index (χ0n) is 11.4. The van der Waals surface area contributed by atoms with Crippen molar-refractivity contribution in [2.24, 2.45) is 5.41 Å². The first kappa shape index (κ1) is 12.8. The molecule has 0 heterocycles. The van der Waals surface area contributed by atoms with Gasteiger partial charge in [-0.15, -0.1) is 0 Å². The van der Waals surface area contributed by atoms with Crippen LogP contribution in [0, 0.1) is 12.3 Å². The Labute approximate surface area is 109 Å². The van der Waals surface area contributed by atoms with Crippen LogP contribution in [0.4, 0.5) is 0 Å². The summed E-state index contributed by atoms with van der Waals surface area (Å²) in [6, 6.07) is 8.37. The van der Waals surface area contributed by atoms with Crippen molar-refractivity contribution in [3.63, 3.8) is 0 Å². The molecular weight excluding hydrogens is 220 g/mol. The fraction of sp³-hybridized carbons (Fsp3) is 0.353. The van der Waals surface area contributed by atoms with E-state index in [1.807, 2.05) is 0 Å². The first-order valence-corrected chi connectivity index (χ1v) is 6.43. The minimum atomic E-state index is 0.0953. The molecule has 1 aromatic rings. The normalized spacial score (nSPS) is 19.1. The molecule has 0 fully saturated rings. The van der Waals surface area contributed by atoms with Gasteiger partial charge in [0.2, 0.25) is 0 Å². The highest BCUT2D eigenvalue weighted by Crippen LogP contribution is 2.34. The number of carbonyl (C=O) groups is 1. The van der Waals surface area contributed by atoms with Crippen LogP contribution < -0.4 is 0 Å². The molecule has 0 bridgehead atoms. The van der Waals surface area contributed by atoms with Crippen LogP contribution in [0.15, 0.2) is 42.0 Å². The van der Waals surface area contributed by atoms with Gasteiger partial charge in [0.1, 0.15) is 0 Å². The molecule has 0 spiro atoms. The van der Waals surface area contributed by atoms with Gasteiger partial charge in [0, 0.05) is 6.42 Å². The third-order valence-electron chi connectivity index (χ3n) is 3.21. The maximum absolute atomic E-state index is 11.6. The van der Waals surface area contributed by atoms with Crippen LogP contribution in [0.5, 0.6) is 0 Å². The second kappa shape index (κ2) is 4.93. The van der Waals surface area contributed by atoms with Crippen LogP contribution in [0.25, 0.3) is 6.08 Å². The summed E-state index contributed by atoms with van der Waals surface area (Å²) in [7, 11) is 0. The van der Waals surface area contributed by atoms with Crippen LogP contribution in [0.3, 0.4) is 0 Å². The molecule has 0 saturated carbocycles. The standard InChI is InChI=1S/C17H20O/c1-13-5-4-6-14(9-13)7-8-15-10-16(18)12-17(2,3)11-15/h4-10H,11-12H2,1-3H3/b8-7+. The maximum atomic E-state index is 11.6. The van der Waals surface area contributed by atoms with Gasteiger partial charge in [-0.1, -0.05) is 55.8 Å². The van der Waals surface area contributed by atoms with E-state index in [1.54, 1.807) is 6.08 Å². The van der Waals surface area contributed by atoms with Crippen LogP contribution in [0.2, 0.25) is 0 Å². The average molecular weight is 240 g/mol. The van der Waals surface area contributed by atoms with Gasteiger partial charge in [-0.05, 0) is 36.0 Å². The van der Waals surface area contributed by atoms with E-state index in [1.165, 1.54) is 11.1 Å². The van der Waals surface area contributed by atoms with Crippen molar-refractivity contribution in [3.8, 4) is 0 Å². The van der Waals surface area contributed by atoms with E-state index in [2.05, 4.69) is 57.2 Å². The smallest absolute Gasteiger partial charge is 0.156 e. The Morgan fingerprint density at radius 1 is 1.17 bits per heavy atom. The molecule has 1 aliphatic carbocycles. The molecule has 0 unspecified atom stereocenters. The molecule has 0 amide bonds. The third kappa shape index (κ3) is 3.43. The molecule has 1 aromatic carbocycles. The average Bonchev–Trinajstić information content (AvgIpc) is 2.24. The van der Waals surface area contributed by atoms with Crippen LogP contribution >= 0.6 is 0 Å². The predicted molar refractivity (Wildman–Crippen MR) is 76.3 cm³/mol. The highest BCUT2D eigenvalue weighted by Gasteiger charge is 2.26. The summed E-state index contributed by atoms with van der Waals surface area (Å²) in [5, 5.41) is 0. The van der Waals surface area contributed by atoms with Gasteiger partial charge in [-0.2, -0.15) is 0 Å². The molecule has 0 saturated heterocycles. The van der Waals surface area contributed by atoms with Crippen LogP contribution in [-0.2, 0) is 4.79 Å². The quantitative estimate of drug-likeness (QED) is 0.752. The van der Waals surface area contributed by atoms with E-state index >= 15 is 0 Å². The van der Waals surface area contributed by atoms with Gasteiger partial charge in [-0.25, -0.2) is 0 Å². The van der Waals surface area contributed by atoms with Gasteiger partial charge in [0.15, 0.2) is 5.78 Å². The minimum absolute atomic E-state index is 0.0953. The first-order chi connectivity index (χ1) is 8.44. The lowest BCUT2D eigenvalue weighted by atomic mass is 9.77. The number of benzene rings is 1. The molecule has 2 rings (SSSR count). The zero-order chi connectivity index (χ0) is 13.2. The van der Waals surface area contributed by atoms with E-state index in [0.29, 0.717) is 6.42 Å². The van der Waals surface area contributed by atoms with Gasteiger partial charge < -0.3 is 0 Å². The van der Waals surface area contributed by atoms with E-state index < -0.39 is 0 Å². The SMILES string of the molecule is Cc1cccc(/C=C/C2=CC(=O)CC(C)(C)C2)c1. The summed E-state index contributed by atoms with van der Waals surface area (Å²) < 4.78 is 0. The highest BCUT2D eigenvalue weighted by molar-refractivity contribution is 5.92. The second-order valence-electron chi connectivity index (χ2n) is 5.95. The van der Waals surface area contributed by atoms with Gasteiger partial charge >= 0.3 is 0 Å². The Morgan fingerprint density at radius 2 is 1.94 bits per heavy atom. The fourth-order valence-electron chi connectivity index (χ4n) is 2.48. The van der Waals surface area contributed by atoms with E-state index in [9.17, 15) is 4.79 Å². The molecule has 0 aliphatic heterocycles. The van der Waals surface area contributed by atoms with E-state index in [-0.39, 0.29) is 11.2 Å². The predicted octanol–water partition coefficient (Wildman–Crippen LogP) is 4.32. The monoisotopic (exact) mass is 240 g/mol. The minimum Gasteiger partial charge on any atom is -0.295 e. The second-order valence-corrected chi connectivity index (χ2v) is 5.95. The molecule has 0 atom stereocenters. The zero-order valence-corrected chi connectivity index (χ0v) is 11.4. The Bertz CT molecular complexity index is 518. The lowest BCUT2D eigenvalue weighted by Gasteiger charge is -2.27. The Hall–Kier alpha value is -1.63. The van der Waals surface area contributed by atoms with Gasteiger partial charge in [0.05, 0.1) is 0 Å². The number of rotatable bonds is 2. The number of allylic oxidation sites excluding steroid dienone is 3. The van der Waals surface area contributed by atoms with Crippen molar-refractivity contribution >= 4 is 11.9 Å². The lowest BCUT2D eigenvalue weighted by molar-refractivity contribution is -0.116. The highest BCUT2D eigenvalue weighted by atomic mass is 16.1. The molecular formula is C17H20O. The van der Waals surface area contributed by atoms with Crippen LogP contribution in [-0.4, -0.2) is 5.78 Å². The van der Waals surface area contributed by atoms with Crippen molar-refractivity contribution in [2.75, 3.05) is 0 Å².